The lowest BCUT2D eigenvalue weighted by Crippen LogP contribution is -2.27. The summed E-state index contributed by atoms with van der Waals surface area (Å²) in [6.07, 6.45) is 5.31. The maximum Gasteiger partial charge on any atom is 0.0702 e. The third-order valence-electron chi connectivity index (χ3n) is 2.70. The molecule has 0 aromatic carbocycles. The quantitative estimate of drug-likeness (QED) is 0.639. The predicted molar refractivity (Wildman–Crippen MR) is 64.0 cm³/mol. The molecular formula is C10H15BrN2S. The molecule has 4 heteroatoms. The Hall–Kier alpha value is 0.1000. The second-order valence-electron chi connectivity index (χ2n) is 3.88. The maximum absolute atomic E-state index is 5.56. The molecule has 78 valence electrons. The monoisotopic (exact) mass is 274 g/mol. The second kappa shape index (κ2) is 4.75. The highest BCUT2D eigenvalue weighted by atomic mass is 79.9. The number of thiophene rings is 1. The van der Waals surface area contributed by atoms with E-state index < -0.39 is 0 Å². The second-order valence-corrected chi connectivity index (χ2v) is 6.38. The van der Waals surface area contributed by atoms with Crippen LogP contribution >= 0.6 is 27.3 Å². The Balaban J connectivity index is 1.90. The molecule has 1 heterocycles. The lowest BCUT2D eigenvalue weighted by atomic mass is 10.1. The van der Waals surface area contributed by atoms with Crippen molar-refractivity contribution in [3.8, 4) is 0 Å². The van der Waals surface area contributed by atoms with Crippen LogP contribution in [0.15, 0.2) is 15.9 Å². The first-order valence-electron chi connectivity index (χ1n) is 5.01. The van der Waals surface area contributed by atoms with Crippen molar-refractivity contribution in [1.29, 1.82) is 0 Å². The van der Waals surface area contributed by atoms with Crippen LogP contribution < -0.4 is 11.3 Å². The fraction of sp³-hybridized carbons (Fsp3) is 0.600. The highest BCUT2D eigenvalue weighted by molar-refractivity contribution is 9.11. The van der Waals surface area contributed by atoms with Gasteiger partial charge in [-0.15, -0.1) is 11.3 Å². The number of halogens is 1. The molecular weight excluding hydrogens is 260 g/mol. The van der Waals surface area contributed by atoms with Gasteiger partial charge in [0.15, 0.2) is 0 Å². The smallest absolute Gasteiger partial charge is 0.0702 e. The zero-order chi connectivity index (χ0) is 9.97. The summed E-state index contributed by atoms with van der Waals surface area (Å²) in [4.78, 5) is 1.33. The van der Waals surface area contributed by atoms with Crippen molar-refractivity contribution >= 4 is 27.3 Å². The van der Waals surface area contributed by atoms with Crippen LogP contribution in [-0.4, -0.2) is 0 Å². The molecule has 0 saturated heterocycles. The molecule has 0 bridgehead atoms. The van der Waals surface area contributed by atoms with Crippen LogP contribution in [0.4, 0.5) is 0 Å². The van der Waals surface area contributed by atoms with Gasteiger partial charge in [-0.05, 0) is 46.8 Å². The van der Waals surface area contributed by atoms with Gasteiger partial charge in [0.25, 0.3) is 0 Å². The van der Waals surface area contributed by atoms with Crippen LogP contribution in [-0.2, 0) is 0 Å². The van der Waals surface area contributed by atoms with Gasteiger partial charge in [0.2, 0.25) is 0 Å². The average Bonchev–Trinajstić information content (AvgIpc) is 2.90. The van der Waals surface area contributed by atoms with Crippen molar-refractivity contribution in [2.75, 3.05) is 0 Å². The Morgan fingerprint density at radius 2 is 2.36 bits per heavy atom. The van der Waals surface area contributed by atoms with Crippen LogP contribution in [0.2, 0.25) is 0 Å². The minimum absolute atomic E-state index is 0.340. The standard InChI is InChI=1S/C10H15BrN2S/c11-10-6-5-9(14-10)8(13-12)4-3-7-1-2-7/h5-8,13H,1-4,12H2. The molecule has 1 aromatic rings. The molecule has 0 radical (unpaired) electrons. The van der Waals surface area contributed by atoms with E-state index in [-0.39, 0.29) is 0 Å². The molecule has 0 spiro atoms. The number of rotatable bonds is 5. The van der Waals surface area contributed by atoms with Gasteiger partial charge < -0.3 is 0 Å². The van der Waals surface area contributed by atoms with E-state index >= 15 is 0 Å². The first-order chi connectivity index (χ1) is 6.79. The van der Waals surface area contributed by atoms with Crippen molar-refractivity contribution in [3.63, 3.8) is 0 Å². The van der Waals surface area contributed by atoms with Gasteiger partial charge in [0.05, 0.1) is 9.83 Å². The van der Waals surface area contributed by atoms with E-state index in [1.165, 1.54) is 27.9 Å². The zero-order valence-electron chi connectivity index (χ0n) is 8.00. The molecule has 1 atom stereocenters. The lowest BCUT2D eigenvalue weighted by molar-refractivity contribution is 0.488. The minimum Gasteiger partial charge on any atom is -0.271 e. The van der Waals surface area contributed by atoms with Crippen LogP contribution in [0.5, 0.6) is 0 Å². The average molecular weight is 275 g/mol. The molecule has 1 aliphatic carbocycles. The highest BCUT2D eigenvalue weighted by Crippen LogP contribution is 2.37. The summed E-state index contributed by atoms with van der Waals surface area (Å²) in [5.41, 5.74) is 2.90. The summed E-state index contributed by atoms with van der Waals surface area (Å²) in [5.74, 6) is 6.54. The number of hydrogen-bond acceptors (Lipinski definition) is 3. The number of nitrogens with one attached hydrogen (secondary N) is 1. The highest BCUT2D eigenvalue weighted by Gasteiger charge is 2.23. The molecule has 0 aliphatic heterocycles. The first kappa shape index (κ1) is 10.6. The predicted octanol–water partition coefficient (Wildman–Crippen LogP) is 3.21. The Morgan fingerprint density at radius 1 is 1.57 bits per heavy atom. The SMILES string of the molecule is NNC(CCC1CC1)c1ccc(Br)s1. The first-order valence-corrected chi connectivity index (χ1v) is 6.62. The van der Waals surface area contributed by atoms with E-state index in [1.807, 2.05) is 0 Å². The van der Waals surface area contributed by atoms with E-state index in [9.17, 15) is 0 Å². The third kappa shape index (κ3) is 2.79. The summed E-state index contributed by atoms with van der Waals surface area (Å²) >= 11 is 5.24. The van der Waals surface area contributed by atoms with Crippen molar-refractivity contribution in [2.45, 2.75) is 31.7 Å². The molecule has 0 amide bonds. The van der Waals surface area contributed by atoms with Crippen molar-refractivity contribution in [1.82, 2.24) is 5.43 Å². The van der Waals surface area contributed by atoms with Crippen molar-refractivity contribution in [2.24, 2.45) is 11.8 Å². The molecule has 1 unspecified atom stereocenters. The van der Waals surface area contributed by atoms with E-state index in [0.29, 0.717) is 6.04 Å². The van der Waals surface area contributed by atoms with Gasteiger partial charge in [-0.3, -0.25) is 11.3 Å². The Bertz CT molecular complexity index is 296. The molecule has 1 saturated carbocycles. The summed E-state index contributed by atoms with van der Waals surface area (Å²) in [6, 6.07) is 4.57. The Labute approximate surface area is 97.0 Å². The molecule has 2 rings (SSSR count). The van der Waals surface area contributed by atoms with Crippen LogP contribution in [0.3, 0.4) is 0 Å². The summed E-state index contributed by atoms with van der Waals surface area (Å²) in [5, 5.41) is 0. The van der Waals surface area contributed by atoms with Crippen LogP contribution in [0.1, 0.15) is 36.6 Å². The molecule has 1 aliphatic rings. The minimum atomic E-state index is 0.340. The molecule has 14 heavy (non-hydrogen) atoms. The molecule has 3 N–H and O–H groups in total. The molecule has 2 nitrogen and oxygen atoms in total. The molecule has 1 fully saturated rings. The van der Waals surface area contributed by atoms with E-state index in [1.54, 1.807) is 11.3 Å². The fourth-order valence-electron chi connectivity index (χ4n) is 1.63. The van der Waals surface area contributed by atoms with Crippen LogP contribution in [0, 0.1) is 5.92 Å². The number of hydrogen-bond donors (Lipinski definition) is 2. The van der Waals surface area contributed by atoms with E-state index in [0.717, 1.165) is 12.3 Å². The number of nitrogens with two attached hydrogens (primary N) is 1. The number of hydrazine groups is 1. The van der Waals surface area contributed by atoms with Crippen molar-refractivity contribution in [3.05, 3.63) is 20.8 Å². The van der Waals surface area contributed by atoms with Gasteiger partial charge in [0.1, 0.15) is 0 Å². The van der Waals surface area contributed by atoms with E-state index in [4.69, 9.17) is 5.84 Å². The largest absolute Gasteiger partial charge is 0.271 e. The normalized spacial score (nSPS) is 18.4. The van der Waals surface area contributed by atoms with E-state index in [2.05, 4.69) is 33.5 Å². The molecule has 1 aromatic heterocycles. The third-order valence-corrected chi connectivity index (χ3v) is 4.44. The Kier molecular flexibility index (Phi) is 3.60. The zero-order valence-corrected chi connectivity index (χ0v) is 10.4. The lowest BCUT2D eigenvalue weighted by Gasteiger charge is -2.13. The van der Waals surface area contributed by atoms with Gasteiger partial charge in [-0.25, -0.2) is 0 Å². The maximum atomic E-state index is 5.56. The van der Waals surface area contributed by atoms with Gasteiger partial charge in [-0.1, -0.05) is 12.8 Å². The van der Waals surface area contributed by atoms with Gasteiger partial charge in [0, 0.05) is 4.88 Å². The summed E-state index contributed by atoms with van der Waals surface area (Å²) < 4.78 is 1.18. The summed E-state index contributed by atoms with van der Waals surface area (Å²) in [7, 11) is 0. The Morgan fingerprint density at radius 3 is 2.86 bits per heavy atom. The van der Waals surface area contributed by atoms with Crippen LogP contribution in [0.25, 0.3) is 0 Å². The van der Waals surface area contributed by atoms with Gasteiger partial charge >= 0.3 is 0 Å². The van der Waals surface area contributed by atoms with Crippen molar-refractivity contribution < 1.29 is 0 Å². The summed E-state index contributed by atoms with van der Waals surface area (Å²) in [6.45, 7) is 0. The topological polar surface area (TPSA) is 38.0 Å². The fourth-order valence-corrected chi connectivity index (χ4v) is 3.15. The van der Waals surface area contributed by atoms with Gasteiger partial charge in [-0.2, -0.15) is 0 Å².